The Morgan fingerprint density at radius 1 is 1.14 bits per heavy atom. The number of pyridine rings is 1. The number of hydrogen-bond acceptors (Lipinski definition) is 3. The second kappa shape index (κ2) is 5.32. The number of rotatable bonds is 3. The molecule has 0 spiro atoms. The van der Waals surface area contributed by atoms with Gasteiger partial charge >= 0.3 is 7.12 Å². The highest BCUT2D eigenvalue weighted by molar-refractivity contribution is 6.62. The van der Waals surface area contributed by atoms with E-state index >= 15 is 0 Å². The van der Waals surface area contributed by atoms with Crippen LogP contribution in [0.4, 0.5) is 8.78 Å². The van der Waals surface area contributed by atoms with Gasteiger partial charge in [0.05, 0.1) is 16.7 Å². The quantitative estimate of drug-likeness (QED) is 0.635. The Kier molecular flexibility index (Phi) is 4.15. The van der Waals surface area contributed by atoms with E-state index < -0.39 is 30.1 Å². The van der Waals surface area contributed by atoms with Gasteiger partial charge in [-0.1, -0.05) is 13.8 Å². The van der Waals surface area contributed by atoms with E-state index in [0.29, 0.717) is 12.1 Å². The average Bonchev–Trinajstić information content (AvgIpc) is 2.44. The van der Waals surface area contributed by atoms with Crippen molar-refractivity contribution < 1.29 is 18.1 Å². The van der Waals surface area contributed by atoms with Crippen LogP contribution in [0.15, 0.2) is 6.07 Å². The fourth-order valence-electron chi connectivity index (χ4n) is 2.23. The van der Waals surface area contributed by atoms with Crippen molar-refractivity contribution in [3.05, 3.63) is 23.5 Å². The predicted octanol–water partition coefficient (Wildman–Crippen LogP) is 2.86. The minimum atomic E-state index is -1.07. The Hall–Kier alpha value is -1.01. The lowest BCUT2D eigenvalue weighted by Crippen LogP contribution is -2.41. The smallest absolute Gasteiger partial charge is 0.399 e. The highest BCUT2D eigenvalue weighted by atomic mass is 19.1. The van der Waals surface area contributed by atoms with Gasteiger partial charge in [-0.05, 0) is 46.1 Å². The molecule has 1 aliphatic rings. The fourth-order valence-corrected chi connectivity index (χ4v) is 2.23. The van der Waals surface area contributed by atoms with E-state index in [1.807, 2.05) is 41.5 Å². The summed E-state index contributed by atoms with van der Waals surface area (Å²) < 4.78 is 39.9. The van der Waals surface area contributed by atoms with Crippen LogP contribution in [-0.2, 0) is 15.7 Å². The van der Waals surface area contributed by atoms with Gasteiger partial charge in [-0.25, -0.2) is 9.37 Å². The Labute approximate surface area is 125 Å². The summed E-state index contributed by atoms with van der Waals surface area (Å²) in [5, 5.41) is 0. The maximum Gasteiger partial charge on any atom is 0.502 e. The maximum absolute atomic E-state index is 14.3. The third-order valence-electron chi connectivity index (χ3n) is 4.12. The van der Waals surface area contributed by atoms with Crippen molar-refractivity contribution in [3.63, 3.8) is 0 Å². The highest BCUT2D eigenvalue weighted by Crippen LogP contribution is 2.36. The summed E-state index contributed by atoms with van der Waals surface area (Å²) in [6.45, 7) is 11.3. The van der Waals surface area contributed by atoms with Crippen molar-refractivity contribution in [3.8, 4) is 0 Å². The van der Waals surface area contributed by atoms with E-state index in [1.165, 1.54) is 6.07 Å². The first kappa shape index (κ1) is 16.4. The minimum absolute atomic E-state index is 0.249. The van der Waals surface area contributed by atoms with E-state index in [2.05, 4.69) is 4.98 Å². The van der Waals surface area contributed by atoms with Gasteiger partial charge in [0.15, 0.2) is 0 Å². The molecule has 6 heteroatoms. The largest absolute Gasteiger partial charge is 0.502 e. The molecule has 0 atom stereocenters. The molecule has 0 bridgehead atoms. The van der Waals surface area contributed by atoms with Crippen LogP contribution in [0.1, 0.15) is 47.2 Å². The first-order chi connectivity index (χ1) is 9.53. The molecule has 0 aromatic carbocycles. The third-order valence-corrected chi connectivity index (χ3v) is 4.12. The zero-order valence-electron chi connectivity index (χ0n) is 13.5. The predicted molar refractivity (Wildman–Crippen MR) is 78.4 cm³/mol. The zero-order chi connectivity index (χ0) is 16.0. The van der Waals surface area contributed by atoms with Crippen LogP contribution in [0.3, 0.4) is 0 Å². The van der Waals surface area contributed by atoms with Crippen molar-refractivity contribution in [1.29, 1.82) is 0 Å². The van der Waals surface area contributed by atoms with Gasteiger partial charge in [0, 0.05) is 5.69 Å². The molecule has 3 nitrogen and oxygen atoms in total. The summed E-state index contributed by atoms with van der Waals surface area (Å²) in [7, 11) is -1.07. The van der Waals surface area contributed by atoms with E-state index in [0.717, 1.165) is 0 Å². The van der Waals surface area contributed by atoms with Crippen molar-refractivity contribution in [1.82, 2.24) is 4.98 Å². The molecule has 116 valence electrons. The molecule has 0 aliphatic carbocycles. The van der Waals surface area contributed by atoms with Crippen LogP contribution < -0.4 is 5.46 Å². The Morgan fingerprint density at radius 3 is 2.10 bits per heavy atom. The molecule has 0 N–H and O–H groups in total. The summed E-state index contributed by atoms with van der Waals surface area (Å²) in [5.74, 6) is -1.25. The van der Waals surface area contributed by atoms with Gasteiger partial charge in [0.25, 0.3) is 0 Å². The molecule has 0 radical (unpaired) electrons. The van der Waals surface area contributed by atoms with Crippen LogP contribution in [-0.4, -0.2) is 23.3 Å². The van der Waals surface area contributed by atoms with Crippen LogP contribution in [0.25, 0.3) is 0 Å². The summed E-state index contributed by atoms with van der Waals surface area (Å²) in [5.41, 5.74) is -1.14. The molecule has 1 aromatic heterocycles. The van der Waals surface area contributed by atoms with E-state index in [4.69, 9.17) is 9.31 Å². The van der Waals surface area contributed by atoms with Crippen LogP contribution >= 0.6 is 0 Å². The Bertz CT molecular complexity index is 507. The fraction of sp³-hybridized carbons (Fsp3) is 0.667. The first-order valence-corrected chi connectivity index (χ1v) is 7.24. The van der Waals surface area contributed by atoms with E-state index in [9.17, 15) is 8.78 Å². The average molecular weight is 297 g/mol. The van der Waals surface area contributed by atoms with Crippen LogP contribution in [0.2, 0.25) is 0 Å². The topological polar surface area (TPSA) is 31.4 Å². The number of halogens is 2. The van der Waals surface area contributed by atoms with Crippen molar-refractivity contribution >= 4 is 12.6 Å². The summed E-state index contributed by atoms with van der Waals surface area (Å²) >= 11 is 0. The zero-order valence-corrected chi connectivity index (χ0v) is 13.5. The van der Waals surface area contributed by atoms with Crippen LogP contribution in [0, 0.1) is 17.7 Å². The summed E-state index contributed by atoms with van der Waals surface area (Å²) in [4.78, 5) is 3.85. The second-order valence-electron chi connectivity index (χ2n) is 6.99. The standard InChI is InChI=1S/C15H22BF2NO2/c1-9(2)7-10-8-11(17)12(13(18)19-10)16-20-14(3,4)15(5,6)21-16/h8-9H,7H2,1-6H3. The molecule has 1 saturated heterocycles. The summed E-state index contributed by atoms with van der Waals surface area (Å²) in [6, 6.07) is 1.27. The third kappa shape index (κ3) is 3.11. The normalized spacial score (nSPS) is 20.3. The van der Waals surface area contributed by atoms with Gasteiger partial charge in [-0.3, -0.25) is 0 Å². The molecule has 2 rings (SSSR count). The van der Waals surface area contributed by atoms with Crippen LogP contribution in [0.5, 0.6) is 0 Å². The molecule has 21 heavy (non-hydrogen) atoms. The highest BCUT2D eigenvalue weighted by Gasteiger charge is 2.53. The molecule has 1 fully saturated rings. The Morgan fingerprint density at radius 2 is 1.67 bits per heavy atom. The molecular formula is C15H22BF2NO2. The monoisotopic (exact) mass is 297 g/mol. The van der Waals surface area contributed by atoms with E-state index in [-0.39, 0.29) is 11.4 Å². The van der Waals surface area contributed by atoms with Gasteiger partial charge in [0.2, 0.25) is 5.95 Å². The van der Waals surface area contributed by atoms with Crippen molar-refractivity contribution in [2.24, 2.45) is 5.92 Å². The lowest BCUT2D eigenvalue weighted by Gasteiger charge is -2.32. The molecule has 2 heterocycles. The van der Waals surface area contributed by atoms with Crippen molar-refractivity contribution in [2.75, 3.05) is 0 Å². The summed E-state index contributed by atoms with van der Waals surface area (Å²) in [6.07, 6.45) is 0.525. The van der Waals surface area contributed by atoms with Crippen molar-refractivity contribution in [2.45, 2.75) is 59.2 Å². The van der Waals surface area contributed by atoms with Gasteiger partial charge in [0.1, 0.15) is 5.82 Å². The number of nitrogens with zero attached hydrogens (tertiary/aromatic N) is 1. The molecule has 0 unspecified atom stereocenters. The first-order valence-electron chi connectivity index (χ1n) is 7.24. The van der Waals surface area contributed by atoms with Gasteiger partial charge < -0.3 is 9.31 Å². The maximum atomic E-state index is 14.3. The van der Waals surface area contributed by atoms with Gasteiger partial charge in [-0.2, -0.15) is 4.39 Å². The number of hydrogen-bond donors (Lipinski definition) is 0. The van der Waals surface area contributed by atoms with Gasteiger partial charge in [-0.15, -0.1) is 0 Å². The molecule has 0 amide bonds. The lowest BCUT2D eigenvalue weighted by atomic mass is 9.79. The minimum Gasteiger partial charge on any atom is -0.399 e. The molecular weight excluding hydrogens is 275 g/mol. The van der Waals surface area contributed by atoms with E-state index in [1.54, 1.807) is 0 Å². The second-order valence-corrected chi connectivity index (χ2v) is 6.99. The number of aromatic nitrogens is 1. The molecule has 1 aliphatic heterocycles. The Balaban J connectivity index is 2.34. The SMILES string of the molecule is CC(C)Cc1cc(F)c(B2OC(C)(C)C(C)(C)O2)c(F)n1. The molecule has 1 aromatic rings. The lowest BCUT2D eigenvalue weighted by molar-refractivity contribution is 0.00578. The molecule has 0 saturated carbocycles.